The van der Waals surface area contributed by atoms with E-state index in [2.05, 4.69) is 46.5 Å². The van der Waals surface area contributed by atoms with Gasteiger partial charge in [-0.3, -0.25) is 9.78 Å². The summed E-state index contributed by atoms with van der Waals surface area (Å²) in [7, 11) is 0. The van der Waals surface area contributed by atoms with Crippen molar-refractivity contribution in [1.82, 2.24) is 4.98 Å². The summed E-state index contributed by atoms with van der Waals surface area (Å²) in [4.78, 5) is 19.1. The standard InChI is InChI=1S/C22H30N4O/c1-17(2)10-11-24-20-14-18(15-23-16-20)22(27)25-19-6-8-21(9-7-19)26-12-4-3-5-13-26/h6-9,14-17,24H,3-5,10-13H2,1-2H3,(H,25,27). The minimum Gasteiger partial charge on any atom is -0.384 e. The number of pyridine rings is 1. The Bertz CT molecular complexity index is 736. The molecule has 2 heterocycles. The third-order valence-electron chi connectivity index (χ3n) is 4.90. The number of anilines is 3. The number of carbonyl (C=O) groups excluding carboxylic acids is 1. The van der Waals surface area contributed by atoms with E-state index < -0.39 is 0 Å². The van der Waals surface area contributed by atoms with Gasteiger partial charge in [-0.1, -0.05) is 13.8 Å². The van der Waals surface area contributed by atoms with Gasteiger partial charge in [0.1, 0.15) is 0 Å². The van der Waals surface area contributed by atoms with Gasteiger partial charge >= 0.3 is 0 Å². The molecule has 1 aliphatic heterocycles. The summed E-state index contributed by atoms with van der Waals surface area (Å²) in [6.07, 6.45) is 8.28. The highest BCUT2D eigenvalue weighted by molar-refractivity contribution is 6.04. The molecule has 2 N–H and O–H groups in total. The Hall–Kier alpha value is -2.56. The number of rotatable bonds is 7. The molecule has 5 heteroatoms. The summed E-state index contributed by atoms with van der Waals surface area (Å²) in [6.45, 7) is 7.51. The van der Waals surface area contributed by atoms with E-state index in [-0.39, 0.29) is 5.91 Å². The van der Waals surface area contributed by atoms with Gasteiger partial charge in [-0.2, -0.15) is 0 Å². The molecule has 2 aromatic rings. The molecule has 0 radical (unpaired) electrons. The van der Waals surface area contributed by atoms with Crippen LogP contribution in [0.15, 0.2) is 42.7 Å². The van der Waals surface area contributed by atoms with E-state index in [1.807, 2.05) is 18.2 Å². The van der Waals surface area contributed by atoms with Crippen LogP contribution >= 0.6 is 0 Å². The highest BCUT2D eigenvalue weighted by Gasteiger charge is 2.12. The van der Waals surface area contributed by atoms with Crippen molar-refractivity contribution in [1.29, 1.82) is 0 Å². The third kappa shape index (κ3) is 5.71. The predicted octanol–water partition coefficient (Wildman–Crippen LogP) is 4.78. The maximum absolute atomic E-state index is 12.5. The van der Waals surface area contributed by atoms with Crippen LogP contribution in [0.25, 0.3) is 0 Å². The minimum absolute atomic E-state index is 0.138. The van der Waals surface area contributed by atoms with Gasteiger partial charge in [0.25, 0.3) is 5.91 Å². The van der Waals surface area contributed by atoms with Gasteiger partial charge in [-0.25, -0.2) is 0 Å². The molecule has 144 valence electrons. The number of carbonyl (C=O) groups is 1. The first kappa shape index (κ1) is 19.2. The number of piperidine rings is 1. The lowest BCUT2D eigenvalue weighted by Crippen LogP contribution is -2.29. The summed E-state index contributed by atoms with van der Waals surface area (Å²) in [6, 6.07) is 9.97. The predicted molar refractivity (Wildman–Crippen MR) is 113 cm³/mol. The van der Waals surface area contributed by atoms with Crippen molar-refractivity contribution in [2.45, 2.75) is 39.5 Å². The zero-order chi connectivity index (χ0) is 19.1. The van der Waals surface area contributed by atoms with Crippen LogP contribution in [0.2, 0.25) is 0 Å². The van der Waals surface area contributed by atoms with Crippen molar-refractivity contribution >= 4 is 23.0 Å². The molecule has 1 saturated heterocycles. The first-order chi connectivity index (χ1) is 13.1. The zero-order valence-corrected chi connectivity index (χ0v) is 16.4. The number of hydrogen-bond acceptors (Lipinski definition) is 4. The molecule has 5 nitrogen and oxygen atoms in total. The molecular formula is C22H30N4O. The van der Waals surface area contributed by atoms with E-state index in [0.717, 1.165) is 37.4 Å². The largest absolute Gasteiger partial charge is 0.384 e. The number of amides is 1. The number of hydrogen-bond donors (Lipinski definition) is 2. The molecule has 27 heavy (non-hydrogen) atoms. The highest BCUT2D eigenvalue weighted by atomic mass is 16.1. The Labute approximate surface area is 162 Å². The van der Waals surface area contributed by atoms with Crippen LogP contribution in [0.1, 0.15) is 49.9 Å². The number of benzene rings is 1. The molecule has 0 atom stereocenters. The highest BCUT2D eigenvalue weighted by Crippen LogP contribution is 2.22. The molecule has 3 rings (SSSR count). The lowest BCUT2D eigenvalue weighted by atomic mass is 10.1. The van der Waals surface area contributed by atoms with E-state index in [9.17, 15) is 4.79 Å². The van der Waals surface area contributed by atoms with Crippen molar-refractivity contribution in [2.24, 2.45) is 5.92 Å². The summed E-state index contributed by atoms with van der Waals surface area (Å²) < 4.78 is 0. The first-order valence-corrected chi connectivity index (χ1v) is 9.97. The average molecular weight is 367 g/mol. The zero-order valence-electron chi connectivity index (χ0n) is 16.4. The molecule has 1 aromatic heterocycles. The fraction of sp³-hybridized carbons (Fsp3) is 0.455. The second-order valence-corrected chi connectivity index (χ2v) is 7.62. The van der Waals surface area contributed by atoms with E-state index in [1.165, 1.54) is 24.9 Å². The SMILES string of the molecule is CC(C)CCNc1cncc(C(=O)Nc2ccc(N3CCCCC3)cc2)c1. The van der Waals surface area contributed by atoms with Crippen LogP contribution in [-0.2, 0) is 0 Å². The molecule has 0 saturated carbocycles. The number of aromatic nitrogens is 1. The normalized spacial score (nSPS) is 14.3. The second kappa shape index (κ2) is 9.40. The quantitative estimate of drug-likeness (QED) is 0.740. The van der Waals surface area contributed by atoms with Crippen LogP contribution in [0.5, 0.6) is 0 Å². The number of nitrogens with zero attached hydrogens (tertiary/aromatic N) is 2. The lowest BCUT2D eigenvalue weighted by molar-refractivity contribution is 0.102. The fourth-order valence-corrected chi connectivity index (χ4v) is 3.28. The topological polar surface area (TPSA) is 57.3 Å². The van der Waals surface area contributed by atoms with E-state index in [1.54, 1.807) is 12.4 Å². The van der Waals surface area contributed by atoms with Crippen LogP contribution in [-0.4, -0.2) is 30.5 Å². The molecule has 1 amide bonds. The summed E-state index contributed by atoms with van der Waals surface area (Å²) >= 11 is 0. The fourth-order valence-electron chi connectivity index (χ4n) is 3.28. The Balaban J connectivity index is 1.58. The first-order valence-electron chi connectivity index (χ1n) is 9.97. The molecule has 0 unspecified atom stereocenters. The van der Waals surface area contributed by atoms with Crippen LogP contribution in [0, 0.1) is 5.92 Å². The van der Waals surface area contributed by atoms with Gasteiger partial charge in [0.05, 0.1) is 11.3 Å². The van der Waals surface area contributed by atoms with Crippen molar-refractivity contribution in [3.63, 3.8) is 0 Å². The van der Waals surface area contributed by atoms with Gasteiger partial charge in [0.2, 0.25) is 0 Å². The summed E-state index contributed by atoms with van der Waals surface area (Å²) in [5.74, 6) is 0.505. The van der Waals surface area contributed by atoms with Crippen molar-refractivity contribution in [3.05, 3.63) is 48.3 Å². The molecule has 1 fully saturated rings. The van der Waals surface area contributed by atoms with Gasteiger partial charge in [0, 0.05) is 43.4 Å². The molecule has 1 aromatic carbocycles. The Morgan fingerprint density at radius 1 is 1.07 bits per heavy atom. The van der Waals surface area contributed by atoms with Gasteiger partial charge in [-0.05, 0) is 61.9 Å². The second-order valence-electron chi connectivity index (χ2n) is 7.62. The van der Waals surface area contributed by atoms with Crippen molar-refractivity contribution in [2.75, 3.05) is 35.2 Å². The van der Waals surface area contributed by atoms with E-state index in [0.29, 0.717) is 11.5 Å². The maximum atomic E-state index is 12.5. The van der Waals surface area contributed by atoms with E-state index in [4.69, 9.17) is 0 Å². The van der Waals surface area contributed by atoms with Crippen LogP contribution in [0.3, 0.4) is 0 Å². The smallest absolute Gasteiger partial charge is 0.257 e. The summed E-state index contributed by atoms with van der Waals surface area (Å²) in [5.41, 5.74) is 3.47. The van der Waals surface area contributed by atoms with Gasteiger partial charge in [-0.15, -0.1) is 0 Å². The monoisotopic (exact) mass is 366 g/mol. The average Bonchev–Trinajstić information content (AvgIpc) is 2.69. The lowest BCUT2D eigenvalue weighted by Gasteiger charge is -2.28. The van der Waals surface area contributed by atoms with Crippen LogP contribution < -0.4 is 15.5 Å². The Morgan fingerprint density at radius 2 is 1.81 bits per heavy atom. The third-order valence-corrected chi connectivity index (χ3v) is 4.90. The minimum atomic E-state index is -0.138. The maximum Gasteiger partial charge on any atom is 0.257 e. The molecule has 1 aliphatic rings. The van der Waals surface area contributed by atoms with E-state index >= 15 is 0 Å². The Morgan fingerprint density at radius 3 is 2.52 bits per heavy atom. The summed E-state index contributed by atoms with van der Waals surface area (Å²) in [5, 5.41) is 6.30. The molecule has 0 spiro atoms. The molecular weight excluding hydrogens is 336 g/mol. The molecule has 0 bridgehead atoms. The van der Waals surface area contributed by atoms with Gasteiger partial charge < -0.3 is 15.5 Å². The van der Waals surface area contributed by atoms with Crippen molar-refractivity contribution in [3.8, 4) is 0 Å². The van der Waals surface area contributed by atoms with Crippen molar-refractivity contribution < 1.29 is 4.79 Å². The van der Waals surface area contributed by atoms with Crippen LogP contribution in [0.4, 0.5) is 17.1 Å². The van der Waals surface area contributed by atoms with Gasteiger partial charge in [0.15, 0.2) is 0 Å². The Kier molecular flexibility index (Phi) is 6.69. The number of nitrogens with one attached hydrogen (secondary N) is 2. The molecule has 0 aliphatic carbocycles.